The number of halogens is 1. The fourth-order valence-electron chi connectivity index (χ4n) is 2.43. The Balaban J connectivity index is 1.81. The lowest BCUT2D eigenvalue weighted by Crippen LogP contribution is -2.29. The first-order valence-corrected chi connectivity index (χ1v) is 7.21. The van der Waals surface area contributed by atoms with Gasteiger partial charge in [0.15, 0.2) is 0 Å². The first-order chi connectivity index (χ1) is 9.24. The summed E-state index contributed by atoms with van der Waals surface area (Å²) in [6, 6.07) is 6.63. The van der Waals surface area contributed by atoms with Crippen LogP contribution in [0.15, 0.2) is 35.1 Å². The molecule has 0 aliphatic carbocycles. The van der Waals surface area contributed by atoms with Gasteiger partial charge in [-0.1, -0.05) is 15.9 Å². The zero-order chi connectivity index (χ0) is 13.2. The van der Waals surface area contributed by atoms with Crippen molar-refractivity contribution in [2.45, 2.75) is 25.4 Å². The molecule has 0 saturated heterocycles. The van der Waals surface area contributed by atoms with Crippen molar-refractivity contribution in [3.8, 4) is 5.75 Å². The van der Waals surface area contributed by atoms with Crippen molar-refractivity contribution in [2.75, 3.05) is 6.61 Å². The van der Waals surface area contributed by atoms with Crippen LogP contribution in [-0.2, 0) is 0 Å². The van der Waals surface area contributed by atoms with Crippen LogP contribution in [0.2, 0.25) is 0 Å². The molecule has 2 heterocycles. The van der Waals surface area contributed by atoms with Crippen molar-refractivity contribution in [1.29, 1.82) is 0 Å². The molecule has 0 spiro atoms. The maximum Gasteiger partial charge on any atom is 0.124 e. The van der Waals surface area contributed by atoms with Gasteiger partial charge in [0.05, 0.1) is 12.6 Å². The fourth-order valence-corrected chi connectivity index (χ4v) is 2.81. The average molecular weight is 322 g/mol. The Morgan fingerprint density at radius 3 is 3.21 bits per heavy atom. The van der Waals surface area contributed by atoms with Crippen LogP contribution in [0.1, 0.15) is 36.8 Å². The van der Waals surface area contributed by atoms with E-state index in [1.165, 1.54) is 5.56 Å². The normalized spacial score (nSPS) is 19.6. The molecule has 1 aliphatic rings. The summed E-state index contributed by atoms with van der Waals surface area (Å²) < 4.78 is 6.77. The predicted molar refractivity (Wildman–Crippen MR) is 77.1 cm³/mol. The summed E-state index contributed by atoms with van der Waals surface area (Å²) in [6.07, 6.45) is 4.60. The minimum Gasteiger partial charge on any atom is -0.493 e. The van der Waals surface area contributed by atoms with Crippen LogP contribution in [0.3, 0.4) is 0 Å². The van der Waals surface area contributed by atoms with E-state index in [4.69, 9.17) is 4.74 Å². The Kier molecular flexibility index (Phi) is 3.57. The second-order valence-electron chi connectivity index (χ2n) is 4.73. The van der Waals surface area contributed by atoms with E-state index in [2.05, 4.69) is 44.2 Å². The lowest BCUT2D eigenvalue weighted by molar-refractivity contribution is 0.245. The van der Waals surface area contributed by atoms with Gasteiger partial charge in [-0.3, -0.25) is 0 Å². The van der Waals surface area contributed by atoms with Gasteiger partial charge in [0.1, 0.15) is 11.6 Å². The summed E-state index contributed by atoms with van der Waals surface area (Å²) in [6.45, 7) is 2.86. The highest BCUT2D eigenvalue weighted by Crippen LogP contribution is 2.35. The highest BCUT2D eigenvalue weighted by atomic mass is 79.9. The molecule has 1 aromatic heterocycles. The van der Waals surface area contributed by atoms with E-state index in [1.54, 1.807) is 6.20 Å². The molecule has 5 heteroatoms. The number of imidazole rings is 1. The molecule has 2 atom stereocenters. The van der Waals surface area contributed by atoms with Gasteiger partial charge < -0.3 is 15.0 Å². The number of nitrogens with zero attached hydrogens (tertiary/aromatic N) is 1. The van der Waals surface area contributed by atoms with Gasteiger partial charge in [-0.15, -0.1) is 0 Å². The van der Waals surface area contributed by atoms with Crippen LogP contribution in [0.4, 0.5) is 0 Å². The summed E-state index contributed by atoms with van der Waals surface area (Å²) in [5.74, 6) is 1.93. The number of hydrogen-bond acceptors (Lipinski definition) is 3. The van der Waals surface area contributed by atoms with E-state index in [1.807, 2.05) is 18.3 Å². The number of aromatic nitrogens is 2. The number of nitrogens with one attached hydrogen (secondary N) is 2. The lowest BCUT2D eigenvalue weighted by atomic mass is 10.00. The molecule has 0 radical (unpaired) electrons. The summed E-state index contributed by atoms with van der Waals surface area (Å²) in [5.41, 5.74) is 1.21. The minimum atomic E-state index is 0.185. The maximum atomic E-state index is 5.70. The van der Waals surface area contributed by atoms with Crippen LogP contribution >= 0.6 is 15.9 Å². The lowest BCUT2D eigenvalue weighted by Gasteiger charge is -2.29. The second-order valence-corrected chi connectivity index (χ2v) is 5.65. The van der Waals surface area contributed by atoms with Crippen LogP contribution in [-0.4, -0.2) is 16.6 Å². The number of fused-ring (bicyclic) bond motifs is 1. The van der Waals surface area contributed by atoms with Gasteiger partial charge in [-0.05, 0) is 25.1 Å². The highest BCUT2D eigenvalue weighted by Gasteiger charge is 2.23. The van der Waals surface area contributed by atoms with E-state index >= 15 is 0 Å². The second kappa shape index (κ2) is 5.35. The standard InChI is InChI=1S/C14H16BrN3O/c1-9(14-16-5-6-17-14)18-12-4-7-19-13-3-2-10(15)8-11(12)13/h2-3,5-6,8-9,12,18H,4,7H2,1H3,(H,16,17). The number of benzene rings is 1. The largest absolute Gasteiger partial charge is 0.493 e. The van der Waals surface area contributed by atoms with E-state index in [0.29, 0.717) is 6.04 Å². The van der Waals surface area contributed by atoms with Gasteiger partial charge in [-0.2, -0.15) is 0 Å². The van der Waals surface area contributed by atoms with E-state index < -0.39 is 0 Å². The molecule has 19 heavy (non-hydrogen) atoms. The summed E-state index contributed by atoms with van der Waals surface area (Å²) in [5, 5.41) is 3.61. The van der Waals surface area contributed by atoms with Gasteiger partial charge in [0.25, 0.3) is 0 Å². The monoisotopic (exact) mass is 321 g/mol. The zero-order valence-electron chi connectivity index (χ0n) is 10.7. The third kappa shape index (κ3) is 2.67. The third-order valence-corrected chi connectivity index (χ3v) is 3.89. The third-order valence-electron chi connectivity index (χ3n) is 3.39. The van der Waals surface area contributed by atoms with Crippen molar-refractivity contribution < 1.29 is 4.74 Å². The quantitative estimate of drug-likeness (QED) is 0.911. The van der Waals surface area contributed by atoms with Crippen molar-refractivity contribution >= 4 is 15.9 Å². The van der Waals surface area contributed by atoms with Gasteiger partial charge >= 0.3 is 0 Å². The Bertz CT molecular complexity index is 556. The van der Waals surface area contributed by atoms with Crippen LogP contribution in [0.25, 0.3) is 0 Å². The molecule has 2 N–H and O–H groups in total. The Morgan fingerprint density at radius 2 is 2.42 bits per heavy atom. The van der Waals surface area contributed by atoms with Gasteiger partial charge in [0, 0.05) is 34.9 Å². The number of hydrogen-bond donors (Lipinski definition) is 2. The zero-order valence-corrected chi connectivity index (χ0v) is 12.3. The first-order valence-electron chi connectivity index (χ1n) is 6.41. The van der Waals surface area contributed by atoms with Crippen molar-refractivity contribution in [3.63, 3.8) is 0 Å². The highest BCUT2D eigenvalue weighted by molar-refractivity contribution is 9.10. The fraction of sp³-hybridized carbons (Fsp3) is 0.357. The Morgan fingerprint density at radius 1 is 1.53 bits per heavy atom. The Labute approximate surface area is 120 Å². The predicted octanol–water partition coefficient (Wildman–Crippen LogP) is 3.35. The summed E-state index contributed by atoms with van der Waals surface area (Å²) in [7, 11) is 0. The van der Waals surface area contributed by atoms with Crippen molar-refractivity contribution in [2.24, 2.45) is 0 Å². The molecular formula is C14H16BrN3O. The first kappa shape index (κ1) is 12.7. The number of ether oxygens (including phenoxy) is 1. The molecule has 1 aliphatic heterocycles. The molecule has 2 aromatic rings. The molecule has 0 saturated carbocycles. The molecule has 0 fully saturated rings. The summed E-state index contributed by atoms with van der Waals surface area (Å²) in [4.78, 5) is 7.44. The average Bonchev–Trinajstić information content (AvgIpc) is 2.93. The molecule has 0 bridgehead atoms. The summed E-state index contributed by atoms with van der Waals surface area (Å²) >= 11 is 3.52. The van der Waals surface area contributed by atoms with E-state index in [0.717, 1.165) is 29.1 Å². The van der Waals surface area contributed by atoms with E-state index in [-0.39, 0.29) is 6.04 Å². The van der Waals surface area contributed by atoms with Crippen LogP contribution in [0.5, 0.6) is 5.75 Å². The topological polar surface area (TPSA) is 49.9 Å². The van der Waals surface area contributed by atoms with Crippen LogP contribution in [0, 0.1) is 0 Å². The van der Waals surface area contributed by atoms with Crippen LogP contribution < -0.4 is 10.1 Å². The van der Waals surface area contributed by atoms with Gasteiger partial charge in [0.2, 0.25) is 0 Å². The molecule has 100 valence electrons. The van der Waals surface area contributed by atoms with Crippen molar-refractivity contribution in [3.05, 3.63) is 46.5 Å². The number of rotatable bonds is 3. The molecule has 0 amide bonds. The van der Waals surface area contributed by atoms with Crippen molar-refractivity contribution in [1.82, 2.24) is 15.3 Å². The van der Waals surface area contributed by atoms with E-state index in [9.17, 15) is 0 Å². The molecule has 1 aromatic carbocycles. The molecule has 2 unspecified atom stereocenters. The molecule has 4 nitrogen and oxygen atoms in total. The molecular weight excluding hydrogens is 306 g/mol. The number of aromatic amines is 1. The minimum absolute atomic E-state index is 0.185. The number of H-pyrrole nitrogens is 1. The maximum absolute atomic E-state index is 5.70. The smallest absolute Gasteiger partial charge is 0.124 e. The molecule has 3 rings (SSSR count). The SMILES string of the molecule is CC(NC1CCOc2ccc(Br)cc21)c1ncc[nH]1. The van der Waals surface area contributed by atoms with Gasteiger partial charge in [-0.25, -0.2) is 4.98 Å². The Hall–Kier alpha value is -1.33.